The molecule has 2 heterocycles. The SMILES string of the molecule is CCCCN1C(=O)C2=C(C(=O)C3CCCCC3O2)C1c1ccccc1. The molecule has 1 saturated carbocycles. The lowest BCUT2D eigenvalue weighted by atomic mass is 9.77. The third kappa shape index (κ3) is 2.68. The number of amides is 1. The molecule has 4 nitrogen and oxygen atoms in total. The van der Waals surface area contributed by atoms with Gasteiger partial charge in [-0.05, 0) is 31.2 Å². The van der Waals surface area contributed by atoms with Gasteiger partial charge in [-0.1, -0.05) is 50.1 Å². The van der Waals surface area contributed by atoms with Gasteiger partial charge in [-0.3, -0.25) is 9.59 Å². The molecule has 4 rings (SSSR count). The number of carbonyl (C=O) groups excluding carboxylic acids is 2. The molecule has 2 aliphatic heterocycles. The lowest BCUT2D eigenvalue weighted by Gasteiger charge is -2.35. The molecule has 0 aromatic heterocycles. The van der Waals surface area contributed by atoms with Crippen LogP contribution < -0.4 is 0 Å². The van der Waals surface area contributed by atoms with E-state index in [1.54, 1.807) is 0 Å². The van der Waals surface area contributed by atoms with Crippen LogP contribution in [0.5, 0.6) is 0 Å². The Morgan fingerprint density at radius 3 is 2.64 bits per heavy atom. The molecule has 0 saturated heterocycles. The van der Waals surface area contributed by atoms with E-state index in [0.717, 1.165) is 44.1 Å². The molecule has 1 aromatic rings. The van der Waals surface area contributed by atoms with Gasteiger partial charge in [0.25, 0.3) is 5.91 Å². The maximum absolute atomic E-state index is 13.3. The Kier molecular flexibility index (Phi) is 4.36. The first-order valence-corrected chi connectivity index (χ1v) is 9.53. The average molecular weight is 339 g/mol. The van der Waals surface area contributed by atoms with Crippen molar-refractivity contribution in [3.63, 3.8) is 0 Å². The molecule has 1 amide bonds. The van der Waals surface area contributed by atoms with E-state index < -0.39 is 0 Å². The van der Waals surface area contributed by atoms with Gasteiger partial charge in [-0.25, -0.2) is 0 Å². The molecular weight excluding hydrogens is 314 g/mol. The van der Waals surface area contributed by atoms with Crippen LogP contribution in [0.25, 0.3) is 0 Å². The van der Waals surface area contributed by atoms with E-state index in [2.05, 4.69) is 6.92 Å². The average Bonchev–Trinajstić information content (AvgIpc) is 2.93. The third-order valence-electron chi connectivity index (χ3n) is 5.73. The normalized spacial score (nSPS) is 28.7. The minimum atomic E-state index is -0.286. The molecule has 1 fully saturated rings. The van der Waals surface area contributed by atoms with E-state index >= 15 is 0 Å². The highest BCUT2D eigenvalue weighted by atomic mass is 16.5. The maximum Gasteiger partial charge on any atom is 0.290 e. The number of unbranched alkanes of at least 4 members (excludes halogenated alkanes) is 1. The number of benzene rings is 1. The van der Waals surface area contributed by atoms with Crippen LogP contribution in [0.3, 0.4) is 0 Å². The number of ether oxygens (including phenoxy) is 1. The van der Waals surface area contributed by atoms with Crippen LogP contribution in [0.1, 0.15) is 57.1 Å². The largest absolute Gasteiger partial charge is 0.483 e. The summed E-state index contributed by atoms with van der Waals surface area (Å²) in [5, 5.41) is 0. The molecule has 1 aliphatic carbocycles. The summed E-state index contributed by atoms with van der Waals surface area (Å²) in [4.78, 5) is 28.2. The van der Waals surface area contributed by atoms with E-state index in [4.69, 9.17) is 4.74 Å². The van der Waals surface area contributed by atoms with Gasteiger partial charge in [0.05, 0.1) is 17.5 Å². The van der Waals surface area contributed by atoms with Crippen LogP contribution in [0.2, 0.25) is 0 Å². The van der Waals surface area contributed by atoms with Gasteiger partial charge < -0.3 is 9.64 Å². The summed E-state index contributed by atoms with van der Waals surface area (Å²) in [5.74, 6) is 0.303. The molecule has 1 aromatic carbocycles. The lowest BCUT2D eigenvalue weighted by Crippen LogP contribution is -2.39. The number of carbonyl (C=O) groups is 2. The summed E-state index contributed by atoms with van der Waals surface area (Å²) in [6.07, 6.45) is 5.74. The van der Waals surface area contributed by atoms with Crippen molar-refractivity contribution < 1.29 is 14.3 Å². The fourth-order valence-electron chi connectivity index (χ4n) is 4.43. The highest BCUT2D eigenvalue weighted by molar-refractivity contribution is 6.11. The highest BCUT2D eigenvalue weighted by Gasteiger charge is 2.51. The van der Waals surface area contributed by atoms with Gasteiger partial charge >= 0.3 is 0 Å². The van der Waals surface area contributed by atoms with E-state index in [9.17, 15) is 9.59 Å². The maximum atomic E-state index is 13.3. The molecule has 132 valence electrons. The van der Waals surface area contributed by atoms with Crippen LogP contribution in [-0.2, 0) is 14.3 Å². The summed E-state index contributed by atoms with van der Waals surface area (Å²) in [6.45, 7) is 2.77. The van der Waals surface area contributed by atoms with Crippen LogP contribution >= 0.6 is 0 Å². The number of rotatable bonds is 4. The Morgan fingerprint density at radius 2 is 1.88 bits per heavy atom. The molecule has 4 heteroatoms. The van der Waals surface area contributed by atoms with Gasteiger partial charge in [-0.2, -0.15) is 0 Å². The summed E-state index contributed by atoms with van der Waals surface area (Å²) in [7, 11) is 0. The number of fused-ring (bicyclic) bond motifs is 1. The monoisotopic (exact) mass is 339 g/mol. The summed E-state index contributed by atoms with van der Waals surface area (Å²) in [5.41, 5.74) is 1.61. The van der Waals surface area contributed by atoms with Gasteiger partial charge in [0.2, 0.25) is 0 Å². The van der Waals surface area contributed by atoms with E-state index in [1.807, 2.05) is 35.2 Å². The minimum absolute atomic E-state index is 0.0716. The Labute approximate surface area is 148 Å². The predicted molar refractivity (Wildman–Crippen MR) is 94.7 cm³/mol. The zero-order chi connectivity index (χ0) is 17.4. The van der Waals surface area contributed by atoms with Crippen molar-refractivity contribution in [1.29, 1.82) is 0 Å². The molecule has 0 N–H and O–H groups in total. The minimum Gasteiger partial charge on any atom is -0.483 e. The molecule has 3 aliphatic rings. The van der Waals surface area contributed by atoms with Crippen molar-refractivity contribution in [2.24, 2.45) is 5.92 Å². The number of hydrogen-bond donors (Lipinski definition) is 0. The zero-order valence-electron chi connectivity index (χ0n) is 14.7. The second kappa shape index (κ2) is 6.66. The standard InChI is InChI=1S/C21H25NO3/c1-2-3-13-22-18(14-9-5-4-6-10-14)17-19(23)15-11-7-8-12-16(15)25-20(17)21(22)24/h4-6,9-10,15-16,18H,2-3,7-8,11-13H2,1H3. The fraction of sp³-hybridized carbons (Fsp3) is 0.524. The van der Waals surface area contributed by atoms with Crippen LogP contribution in [0.4, 0.5) is 0 Å². The Hall–Kier alpha value is -2.10. The van der Waals surface area contributed by atoms with Crippen molar-refractivity contribution in [1.82, 2.24) is 4.90 Å². The summed E-state index contributed by atoms with van der Waals surface area (Å²) >= 11 is 0. The molecule has 3 atom stereocenters. The highest BCUT2D eigenvalue weighted by Crippen LogP contribution is 2.46. The van der Waals surface area contributed by atoms with Crippen molar-refractivity contribution in [3.8, 4) is 0 Å². The molecule has 0 spiro atoms. The molecule has 0 bridgehead atoms. The first-order chi connectivity index (χ1) is 12.2. The smallest absolute Gasteiger partial charge is 0.290 e. The summed E-state index contributed by atoms with van der Waals surface area (Å²) < 4.78 is 6.13. The van der Waals surface area contributed by atoms with Crippen LogP contribution in [-0.4, -0.2) is 29.2 Å². The van der Waals surface area contributed by atoms with Crippen molar-refractivity contribution in [2.45, 2.75) is 57.6 Å². The quantitative estimate of drug-likeness (QED) is 0.838. The fourth-order valence-corrected chi connectivity index (χ4v) is 4.43. The second-order valence-electron chi connectivity index (χ2n) is 7.32. The first-order valence-electron chi connectivity index (χ1n) is 9.53. The second-order valence-corrected chi connectivity index (χ2v) is 7.32. The molecular formula is C21H25NO3. The number of nitrogens with zero attached hydrogens (tertiary/aromatic N) is 1. The zero-order valence-corrected chi connectivity index (χ0v) is 14.7. The lowest BCUT2D eigenvalue weighted by molar-refractivity contribution is -0.135. The molecule has 3 unspecified atom stereocenters. The number of Topliss-reactive ketones (excluding diaryl/α,β-unsaturated/α-hetero) is 1. The topological polar surface area (TPSA) is 46.6 Å². The summed E-state index contributed by atoms with van der Waals surface area (Å²) in [6, 6.07) is 9.62. The van der Waals surface area contributed by atoms with Crippen LogP contribution in [0.15, 0.2) is 41.7 Å². The van der Waals surface area contributed by atoms with Gasteiger partial charge in [0.15, 0.2) is 11.5 Å². The Morgan fingerprint density at radius 1 is 1.12 bits per heavy atom. The Bertz CT molecular complexity index is 709. The first kappa shape index (κ1) is 16.4. The van der Waals surface area contributed by atoms with E-state index in [0.29, 0.717) is 17.9 Å². The molecule has 0 radical (unpaired) electrons. The third-order valence-corrected chi connectivity index (χ3v) is 5.73. The van der Waals surface area contributed by atoms with Gasteiger partial charge in [0.1, 0.15) is 6.10 Å². The Balaban J connectivity index is 1.76. The van der Waals surface area contributed by atoms with Gasteiger partial charge in [0, 0.05) is 6.54 Å². The van der Waals surface area contributed by atoms with Crippen molar-refractivity contribution >= 4 is 11.7 Å². The molecule has 25 heavy (non-hydrogen) atoms. The van der Waals surface area contributed by atoms with Crippen molar-refractivity contribution in [3.05, 3.63) is 47.2 Å². The predicted octanol–water partition coefficient (Wildman–Crippen LogP) is 3.78. The number of ketones is 1. The van der Waals surface area contributed by atoms with Gasteiger partial charge in [-0.15, -0.1) is 0 Å². The van der Waals surface area contributed by atoms with E-state index in [1.165, 1.54) is 0 Å². The van der Waals surface area contributed by atoms with Crippen molar-refractivity contribution in [2.75, 3.05) is 6.54 Å². The van der Waals surface area contributed by atoms with E-state index in [-0.39, 0.29) is 29.8 Å². The van der Waals surface area contributed by atoms with Crippen LogP contribution in [0, 0.1) is 5.92 Å². The number of hydrogen-bond acceptors (Lipinski definition) is 3.